The first kappa shape index (κ1) is 21.8. The predicted molar refractivity (Wildman–Crippen MR) is 111 cm³/mol. The molecular weight excluding hydrogens is 408 g/mol. The number of amides is 1. The molecule has 1 aromatic rings. The number of rotatable bonds is 6. The zero-order chi connectivity index (χ0) is 22.0. The Bertz CT molecular complexity index is 937. The molecule has 8 nitrogen and oxygen atoms in total. The molecular formula is C21H24N2O6S. The lowest BCUT2D eigenvalue weighted by Gasteiger charge is -2.33. The summed E-state index contributed by atoms with van der Waals surface area (Å²) < 4.78 is 15.7. The van der Waals surface area contributed by atoms with Crippen LogP contribution in [0.3, 0.4) is 0 Å². The molecule has 9 heteroatoms. The zero-order valence-corrected chi connectivity index (χ0v) is 18.1. The molecule has 0 saturated carbocycles. The highest BCUT2D eigenvalue weighted by molar-refractivity contribution is 8.04. The average Bonchev–Trinajstić information content (AvgIpc) is 3.02. The van der Waals surface area contributed by atoms with Crippen LogP contribution < -0.4 is 10.5 Å². The van der Waals surface area contributed by atoms with Crippen molar-refractivity contribution in [2.75, 3.05) is 20.3 Å². The number of thioether (sulfide) groups is 1. The van der Waals surface area contributed by atoms with Crippen LogP contribution in [0.25, 0.3) is 0 Å². The Balaban J connectivity index is 2.27. The molecule has 2 heterocycles. The third-order valence-corrected chi connectivity index (χ3v) is 6.01. The van der Waals surface area contributed by atoms with E-state index in [0.717, 1.165) is 0 Å². The van der Waals surface area contributed by atoms with Gasteiger partial charge in [-0.3, -0.25) is 9.69 Å². The molecule has 2 aliphatic heterocycles. The van der Waals surface area contributed by atoms with E-state index >= 15 is 0 Å². The van der Waals surface area contributed by atoms with Crippen molar-refractivity contribution < 1.29 is 28.6 Å². The SMILES string of the molecule is CCOC(=O)C1=C(N)N2C(=O)[C@H](C)SC2=C(C(=O)OCC)[C@@H]1c1ccc(OC)cc1. The first-order chi connectivity index (χ1) is 14.3. The number of methoxy groups -OCH3 is 1. The van der Waals surface area contributed by atoms with Crippen LogP contribution in [0, 0.1) is 0 Å². The Morgan fingerprint density at radius 2 is 1.63 bits per heavy atom. The summed E-state index contributed by atoms with van der Waals surface area (Å²) in [5, 5.41) is -0.0710. The largest absolute Gasteiger partial charge is 0.497 e. The van der Waals surface area contributed by atoms with E-state index < -0.39 is 23.1 Å². The molecule has 30 heavy (non-hydrogen) atoms. The van der Waals surface area contributed by atoms with Crippen LogP contribution in [0.5, 0.6) is 5.75 Å². The molecule has 1 amide bonds. The van der Waals surface area contributed by atoms with Crippen LogP contribution in [0.1, 0.15) is 32.3 Å². The second-order valence-electron chi connectivity index (χ2n) is 6.60. The van der Waals surface area contributed by atoms with E-state index in [2.05, 4.69) is 0 Å². The Labute approximate surface area is 179 Å². The van der Waals surface area contributed by atoms with Gasteiger partial charge in [0.25, 0.3) is 0 Å². The first-order valence-corrected chi connectivity index (χ1v) is 10.5. The van der Waals surface area contributed by atoms with Gasteiger partial charge in [0.2, 0.25) is 5.91 Å². The van der Waals surface area contributed by atoms with Crippen LogP contribution in [0.15, 0.2) is 46.3 Å². The fraction of sp³-hybridized carbons (Fsp3) is 0.381. The van der Waals surface area contributed by atoms with Gasteiger partial charge in [0.15, 0.2) is 0 Å². The van der Waals surface area contributed by atoms with Crippen molar-refractivity contribution in [1.82, 2.24) is 4.90 Å². The summed E-state index contributed by atoms with van der Waals surface area (Å²) in [6.07, 6.45) is 0. The summed E-state index contributed by atoms with van der Waals surface area (Å²) in [5.41, 5.74) is 7.19. The van der Waals surface area contributed by atoms with Gasteiger partial charge in [-0.25, -0.2) is 9.59 Å². The number of esters is 2. The predicted octanol–water partition coefficient (Wildman–Crippen LogP) is 2.26. The molecule has 1 fully saturated rings. The molecule has 0 bridgehead atoms. The zero-order valence-electron chi connectivity index (χ0n) is 17.3. The maximum atomic E-state index is 13.0. The fourth-order valence-electron chi connectivity index (χ4n) is 3.48. The van der Waals surface area contributed by atoms with Gasteiger partial charge < -0.3 is 19.9 Å². The summed E-state index contributed by atoms with van der Waals surface area (Å²) in [6, 6.07) is 6.94. The van der Waals surface area contributed by atoms with Gasteiger partial charge in [-0.15, -0.1) is 0 Å². The van der Waals surface area contributed by atoms with E-state index in [1.807, 2.05) is 0 Å². The van der Waals surface area contributed by atoms with E-state index in [1.165, 1.54) is 16.7 Å². The van der Waals surface area contributed by atoms with Crippen molar-refractivity contribution >= 4 is 29.6 Å². The van der Waals surface area contributed by atoms with Gasteiger partial charge in [-0.2, -0.15) is 0 Å². The highest BCUT2D eigenvalue weighted by Gasteiger charge is 2.49. The van der Waals surface area contributed by atoms with Gasteiger partial charge in [0.1, 0.15) is 11.6 Å². The minimum atomic E-state index is -0.842. The van der Waals surface area contributed by atoms with Crippen molar-refractivity contribution in [3.05, 3.63) is 51.8 Å². The number of nitrogens with two attached hydrogens (primary N) is 1. The fourth-order valence-corrected chi connectivity index (χ4v) is 4.64. The lowest BCUT2D eigenvalue weighted by Crippen LogP contribution is -2.40. The minimum Gasteiger partial charge on any atom is -0.497 e. The third kappa shape index (κ3) is 3.65. The minimum absolute atomic E-state index is 0.0285. The maximum absolute atomic E-state index is 13.0. The highest BCUT2D eigenvalue weighted by atomic mass is 32.2. The van der Waals surface area contributed by atoms with E-state index in [4.69, 9.17) is 19.9 Å². The summed E-state index contributed by atoms with van der Waals surface area (Å²) in [6.45, 7) is 5.35. The van der Waals surface area contributed by atoms with E-state index in [-0.39, 0.29) is 36.1 Å². The van der Waals surface area contributed by atoms with Gasteiger partial charge in [-0.05, 0) is 38.5 Å². The quantitative estimate of drug-likeness (QED) is 0.682. The molecule has 0 aliphatic carbocycles. The van der Waals surface area contributed by atoms with Crippen molar-refractivity contribution in [2.45, 2.75) is 31.9 Å². The summed E-state index contributed by atoms with van der Waals surface area (Å²) >= 11 is 1.22. The molecule has 160 valence electrons. The lowest BCUT2D eigenvalue weighted by molar-refractivity contribution is -0.139. The number of hydrogen-bond donors (Lipinski definition) is 1. The third-order valence-electron chi connectivity index (χ3n) is 4.82. The topological polar surface area (TPSA) is 108 Å². The van der Waals surface area contributed by atoms with E-state index in [0.29, 0.717) is 16.3 Å². The van der Waals surface area contributed by atoms with Crippen molar-refractivity contribution in [3.63, 3.8) is 0 Å². The van der Waals surface area contributed by atoms with Crippen LogP contribution in [0.4, 0.5) is 0 Å². The smallest absolute Gasteiger partial charge is 0.338 e. The summed E-state index contributed by atoms with van der Waals surface area (Å²) in [5.74, 6) is -1.85. The number of carbonyl (C=O) groups is 3. The second kappa shape index (κ2) is 8.83. The van der Waals surface area contributed by atoms with E-state index in [9.17, 15) is 14.4 Å². The number of hydrogen-bond acceptors (Lipinski definition) is 8. The van der Waals surface area contributed by atoms with Gasteiger partial charge >= 0.3 is 11.9 Å². The number of ether oxygens (including phenoxy) is 3. The molecule has 0 aromatic heterocycles. The number of nitrogens with zero attached hydrogens (tertiary/aromatic N) is 1. The number of benzene rings is 1. The molecule has 1 saturated heterocycles. The van der Waals surface area contributed by atoms with Crippen LogP contribution in [-0.4, -0.2) is 48.3 Å². The molecule has 0 radical (unpaired) electrons. The van der Waals surface area contributed by atoms with Crippen LogP contribution >= 0.6 is 11.8 Å². The highest BCUT2D eigenvalue weighted by Crippen LogP contribution is 2.49. The first-order valence-electron chi connectivity index (χ1n) is 9.58. The number of fused-ring (bicyclic) bond motifs is 1. The normalized spacial score (nSPS) is 20.9. The molecule has 0 spiro atoms. The Morgan fingerprint density at radius 1 is 1.07 bits per heavy atom. The molecule has 2 aliphatic rings. The van der Waals surface area contributed by atoms with E-state index in [1.54, 1.807) is 52.1 Å². The van der Waals surface area contributed by atoms with Gasteiger partial charge in [0, 0.05) is 0 Å². The average molecular weight is 432 g/mol. The number of carbonyl (C=O) groups excluding carboxylic acids is 3. The summed E-state index contributed by atoms with van der Waals surface area (Å²) in [4.78, 5) is 39.9. The molecule has 2 atom stereocenters. The summed E-state index contributed by atoms with van der Waals surface area (Å²) in [7, 11) is 1.55. The van der Waals surface area contributed by atoms with Crippen molar-refractivity contribution in [1.29, 1.82) is 0 Å². The standard InChI is InChI=1S/C21H24N2O6S/c1-5-28-20(25)15-14(12-7-9-13(27-4)10-8-12)16(21(26)29-6-2)19-23(17(15)22)18(24)11(3)30-19/h7-11,14H,5-6,22H2,1-4H3/t11-,14+/m0/s1. The van der Waals surface area contributed by atoms with Crippen molar-refractivity contribution in [2.24, 2.45) is 5.73 Å². The van der Waals surface area contributed by atoms with Gasteiger partial charge in [-0.1, -0.05) is 23.9 Å². The second-order valence-corrected chi connectivity index (χ2v) is 7.93. The molecule has 3 rings (SSSR count). The van der Waals surface area contributed by atoms with Crippen LogP contribution in [-0.2, 0) is 23.9 Å². The van der Waals surface area contributed by atoms with Crippen LogP contribution in [0.2, 0.25) is 0 Å². The Kier molecular flexibility index (Phi) is 6.40. The molecule has 1 aromatic carbocycles. The molecule has 0 unspecified atom stereocenters. The Hall–Kier alpha value is -2.94. The maximum Gasteiger partial charge on any atom is 0.338 e. The van der Waals surface area contributed by atoms with Crippen molar-refractivity contribution in [3.8, 4) is 5.75 Å². The van der Waals surface area contributed by atoms with Gasteiger partial charge in [0.05, 0.1) is 47.7 Å². The Morgan fingerprint density at radius 3 is 2.17 bits per heavy atom. The molecule has 2 N–H and O–H groups in total. The lowest BCUT2D eigenvalue weighted by atomic mass is 9.82. The monoisotopic (exact) mass is 432 g/mol.